The minimum atomic E-state index is -0.463. The van der Waals surface area contributed by atoms with Crippen molar-refractivity contribution in [1.29, 1.82) is 0 Å². The van der Waals surface area contributed by atoms with Gasteiger partial charge in [-0.1, -0.05) is 35.5 Å². The zero-order valence-electron chi connectivity index (χ0n) is 9.14. The molecule has 5 heteroatoms. The fourth-order valence-corrected chi connectivity index (χ4v) is 1.70. The lowest BCUT2D eigenvalue weighted by Crippen LogP contribution is -2.07. The van der Waals surface area contributed by atoms with Crippen LogP contribution >= 0.6 is 22.6 Å². The highest BCUT2D eigenvalue weighted by molar-refractivity contribution is 14.1. The van der Waals surface area contributed by atoms with Gasteiger partial charge >= 0.3 is 5.97 Å². The molecule has 0 aliphatic carbocycles. The van der Waals surface area contributed by atoms with Crippen molar-refractivity contribution >= 4 is 28.6 Å². The maximum Gasteiger partial charge on any atom is 0.362 e. The Morgan fingerprint density at radius 1 is 1.41 bits per heavy atom. The second-order valence-corrected chi connectivity index (χ2v) is 4.54. The summed E-state index contributed by atoms with van der Waals surface area (Å²) in [6.07, 6.45) is 0. The molecule has 2 aromatic rings. The quantitative estimate of drug-likeness (QED) is 0.635. The fraction of sp³-hybridized carbons (Fsp3) is 0.167. The Labute approximate surface area is 112 Å². The largest absolute Gasteiger partial charge is 0.456 e. The summed E-state index contributed by atoms with van der Waals surface area (Å²) in [6.45, 7) is 1.99. The summed E-state index contributed by atoms with van der Waals surface area (Å²) in [6, 6.07) is 9.49. The number of hydrogen-bond donors (Lipinski definition) is 0. The lowest BCUT2D eigenvalue weighted by atomic mass is 10.2. The zero-order valence-corrected chi connectivity index (χ0v) is 11.3. The minimum absolute atomic E-state index is 0.235. The van der Waals surface area contributed by atoms with Crippen LogP contribution in [0.25, 0.3) is 0 Å². The average Bonchev–Trinajstić information content (AvgIpc) is 2.69. The van der Waals surface area contributed by atoms with E-state index in [0.717, 1.165) is 5.56 Å². The van der Waals surface area contributed by atoms with Gasteiger partial charge in [0.15, 0.2) is 0 Å². The number of rotatable bonds is 3. The van der Waals surface area contributed by atoms with Gasteiger partial charge in [-0.25, -0.2) is 4.79 Å². The number of carbonyl (C=O) groups excluding carboxylic acids is 1. The summed E-state index contributed by atoms with van der Waals surface area (Å²) < 4.78 is 10.7. The molecule has 0 atom stereocenters. The van der Waals surface area contributed by atoms with Crippen LogP contribution in [0.4, 0.5) is 0 Å². The van der Waals surface area contributed by atoms with Crippen molar-refractivity contribution in [2.24, 2.45) is 0 Å². The Kier molecular flexibility index (Phi) is 3.78. The van der Waals surface area contributed by atoms with Gasteiger partial charge in [0.05, 0.1) is 3.57 Å². The molecule has 0 spiro atoms. The van der Waals surface area contributed by atoms with Crippen molar-refractivity contribution < 1.29 is 14.1 Å². The maximum absolute atomic E-state index is 11.7. The van der Waals surface area contributed by atoms with Crippen LogP contribution in [0.1, 0.15) is 21.8 Å². The van der Waals surface area contributed by atoms with Gasteiger partial charge in [-0.2, -0.15) is 0 Å². The smallest absolute Gasteiger partial charge is 0.362 e. The summed E-state index contributed by atoms with van der Waals surface area (Å²) in [4.78, 5) is 11.7. The Bertz CT molecular complexity index is 522. The molecule has 88 valence electrons. The van der Waals surface area contributed by atoms with Crippen LogP contribution < -0.4 is 0 Å². The zero-order chi connectivity index (χ0) is 12.3. The predicted octanol–water partition coefficient (Wildman–Crippen LogP) is 2.94. The molecule has 2 rings (SSSR count). The topological polar surface area (TPSA) is 52.3 Å². The van der Waals surface area contributed by atoms with Gasteiger partial charge in [-0.05, 0) is 35.1 Å². The number of aromatic nitrogens is 1. The summed E-state index contributed by atoms with van der Waals surface area (Å²) in [5.41, 5.74) is 1.18. The predicted molar refractivity (Wildman–Crippen MR) is 69.5 cm³/mol. The number of hydrogen-bond acceptors (Lipinski definition) is 4. The molecule has 1 aromatic heterocycles. The van der Waals surface area contributed by atoms with Crippen LogP contribution in [0.2, 0.25) is 0 Å². The van der Waals surface area contributed by atoms with Gasteiger partial charge in [0, 0.05) is 0 Å². The third kappa shape index (κ3) is 2.85. The number of esters is 1. The van der Waals surface area contributed by atoms with Crippen molar-refractivity contribution in [2.45, 2.75) is 13.5 Å². The standard InChI is InChI=1S/C12H10INO3/c1-8-10(13)11(14-17-8)12(15)16-7-9-5-3-2-4-6-9/h2-6H,7H2,1H3. The normalized spacial score (nSPS) is 10.2. The van der Waals surface area contributed by atoms with Crippen molar-refractivity contribution in [3.05, 3.63) is 50.9 Å². The van der Waals surface area contributed by atoms with E-state index in [-0.39, 0.29) is 12.3 Å². The average molecular weight is 343 g/mol. The number of halogens is 1. The van der Waals surface area contributed by atoms with Crippen molar-refractivity contribution in [3.63, 3.8) is 0 Å². The second-order valence-electron chi connectivity index (χ2n) is 3.46. The summed E-state index contributed by atoms with van der Waals surface area (Å²) in [5, 5.41) is 3.67. The van der Waals surface area contributed by atoms with Crippen LogP contribution in [0.5, 0.6) is 0 Å². The SMILES string of the molecule is Cc1onc(C(=O)OCc2ccccc2)c1I. The lowest BCUT2D eigenvalue weighted by molar-refractivity contribution is 0.0459. The van der Waals surface area contributed by atoms with Gasteiger partial charge in [0.1, 0.15) is 12.4 Å². The first-order valence-electron chi connectivity index (χ1n) is 5.01. The minimum Gasteiger partial charge on any atom is -0.456 e. The van der Waals surface area contributed by atoms with Crippen molar-refractivity contribution in [3.8, 4) is 0 Å². The molecule has 0 aliphatic rings. The van der Waals surface area contributed by atoms with E-state index in [0.29, 0.717) is 9.33 Å². The monoisotopic (exact) mass is 343 g/mol. The van der Waals surface area contributed by atoms with Gasteiger partial charge in [-0.15, -0.1) is 0 Å². The Morgan fingerprint density at radius 3 is 2.71 bits per heavy atom. The Morgan fingerprint density at radius 2 is 2.12 bits per heavy atom. The van der Waals surface area contributed by atoms with Gasteiger partial charge in [0.25, 0.3) is 0 Å². The molecule has 0 aliphatic heterocycles. The first-order chi connectivity index (χ1) is 8.18. The number of benzene rings is 1. The molecule has 17 heavy (non-hydrogen) atoms. The Balaban J connectivity index is 2.01. The first-order valence-corrected chi connectivity index (χ1v) is 6.09. The van der Waals surface area contributed by atoms with E-state index in [2.05, 4.69) is 5.16 Å². The second kappa shape index (κ2) is 5.31. The van der Waals surface area contributed by atoms with E-state index in [1.54, 1.807) is 6.92 Å². The highest BCUT2D eigenvalue weighted by Crippen LogP contribution is 2.17. The highest BCUT2D eigenvalue weighted by atomic mass is 127. The number of aryl methyl sites for hydroxylation is 1. The molecular formula is C12H10INO3. The summed E-state index contributed by atoms with van der Waals surface area (Å²) in [7, 11) is 0. The molecule has 0 unspecified atom stereocenters. The van der Waals surface area contributed by atoms with Gasteiger partial charge in [-0.3, -0.25) is 0 Å². The van der Waals surface area contributed by atoms with E-state index in [1.807, 2.05) is 52.9 Å². The van der Waals surface area contributed by atoms with E-state index in [4.69, 9.17) is 9.26 Å². The molecule has 0 radical (unpaired) electrons. The van der Waals surface area contributed by atoms with Crippen molar-refractivity contribution in [2.75, 3.05) is 0 Å². The molecule has 0 saturated carbocycles. The van der Waals surface area contributed by atoms with E-state index in [9.17, 15) is 4.79 Å². The highest BCUT2D eigenvalue weighted by Gasteiger charge is 2.18. The molecular weight excluding hydrogens is 333 g/mol. The number of nitrogens with zero attached hydrogens (tertiary/aromatic N) is 1. The van der Waals surface area contributed by atoms with E-state index in [1.165, 1.54) is 0 Å². The van der Waals surface area contributed by atoms with Crippen LogP contribution in [-0.4, -0.2) is 11.1 Å². The number of ether oxygens (including phenoxy) is 1. The third-order valence-corrected chi connectivity index (χ3v) is 3.47. The Hall–Kier alpha value is -1.37. The summed E-state index contributed by atoms with van der Waals surface area (Å²) >= 11 is 2.01. The number of carbonyl (C=O) groups is 1. The molecule has 1 heterocycles. The van der Waals surface area contributed by atoms with Gasteiger partial charge in [0.2, 0.25) is 5.69 Å². The van der Waals surface area contributed by atoms with Crippen LogP contribution in [0.15, 0.2) is 34.9 Å². The van der Waals surface area contributed by atoms with Crippen LogP contribution in [0.3, 0.4) is 0 Å². The molecule has 0 saturated heterocycles. The first kappa shape index (κ1) is 12.1. The van der Waals surface area contributed by atoms with Gasteiger partial charge < -0.3 is 9.26 Å². The molecule has 0 fully saturated rings. The molecule has 0 amide bonds. The van der Waals surface area contributed by atoms with Crippen LogP contribution in [0, 0.1) is 10.5 Å². The lowest BCUT2D eigenvalue weighted by Gasteiger charge is -2.02. The maximum atomic E-state index is 11.7. The molecule has 0 bridgehead atoms. The molecule has 4 nitrogen and oxygen atoms in total. The third-order valence-electron chi connectivity index (χ3n) is 2.20. The molecule has 1 aromatic carbocycles. The summed E-state index contributed by atoms with van der Waals surface area (Å²) in [5.74, 6) is 0.160. The fourth-order valence-electron chi connectivity index (χ4n) is 1.28. The van der Waals surface area contributed by atoms with E-state index < -0.39 is 5.97 Å². The van der Waals surface area contributed by atoms with Crippen molar-refractivity contribution in [1.82, 2.24) is 5.16 Å². The molecule has 0 N–H and O–H groups in total. The van der Waals surface area contributed by atoms with Crippen LogP contribution in [-0.2, 0) is 11.3 Å². The van der Waals surface area contributed by atoms with E-state index >= 15 is 0 Å².